The second kappa shape index (κ2) is 9.39. The quantitative estimate of drug-likeness (QED) is 0.260. The van der Waals surface area contributed by atoms with Crippen LogP contribution in [-0.2, 0) is 0 Å². The predicted octanol–water partition coefficient (Wildman–Crippen LogP) is 3.72. The van der Waals surface area contributed by atoms with Crippen LogP contribution in [0.4, 0.5) is 11.4 Å². The van der Waals surface area contributed by atoms with E-state index in [4.69, 9.17) is 9.52 Å². The van der Waals surface area contributed by atoms with E-state index in [-0.39, 0.29) is 30.0 Å². The number of anilines is 1. The van der Waals surface area contributed by atoms with Crippen LogP contribution in [0.1, 0.15) is 5.56 Å². The van der Waals surface area contributed by atoms with Crippen LogP contribution in [0.25, 0.3) is 39.2 Å². The first-order chi connectivity index (χ1) is 17.5. The summed E-state index contributed by atoms with van der Waals surface area (Å²) in [6.45, 7) is 2.02. The summed E-state index contributed by atoms with van der Waals surface area (Å²) in [7, 11) is 0. The third-order valence-electron chi connectivity index (χ3n) is 5.57. The van der Waals surface area contributed by atoms with E-state index in [1.807, 2.05) is 25.1 Å². The Balaban J connectivity index is 1.79. The fourth-order valence-corrected chi connectivity index (χ4v) is 4.02. The SMILES string of the molecule is Cc1cc(-c2cnco2)cc(-c2nn(-c3cc(NCCO)ccc3[N+](=O)[O-])c(=O)c3ncccc23)c1. The number of nitro benzene ring substituents is 1. The highest BCUT2D eigenvalue weighted by Gasteiger charge is 2.22. The molecule has 3 heterocycles. The van der Waals surface area contributed by atoms with Gasteiger partial charge in [0, 0.05) is 41.0 Å². The van der Waals surface area contributed by atoms with Crippen LogP contribution < -0.4 is 10.9 Å². The first kappa shape index (κ1) is 22.9. The molecule has 5 rings (SSSR count). The predicted molar refractivity (Wildman–Crippen MR) is 133 cm³/mol. The minimum Gasteiger partial charge on any atom is -0.444 e. The Hall–Kier alpha value is -4.90. The summed E-state index contributed by atoms with van der Waals surface area (Å²) >= 11 is 0. The number of rotatable bonds is 7. The van der Waals surface area contributed by atoms with Crippen molar-refractivity contribution in [2.45, 2.75) is 6.92 Å². The molecule has 0 amide bonds. The van der Waals surface area contributed by atoms with E-state index in [9.17, 15) is 14.9 Å². The molecule has 0 bridgehead atoms. The summed E-state index contributed by atoms with van der Waals surface area (Å²) in [6, 6.07) is 13.4. The Morgan fingerprint density at radius 3 is 2.75 bits per heavy atom. The smallest absolute Gasteiger partial charge is 0.298 e. The molecule has 0 radical (unpaired) electrons. The normalized spacial score (nSPS) is 11.1. The Kier molecular flexibility index (Phi) is 5.97. The minimum absolute atomic E-state index is 0.0233. The summed E-state index contributed by atoms with van der Waals surface area (Å²) in [5, 5.41) is 29.0. The Labute approximate surface area is 203 Å². The molecule has 0 unspecified atom stereocenters. The fraction of sp³-hybridized carbons (Fsp3) is 0.120. The van der Waals surface area contributed by atoms with Crippen molar-refractivity contribution >= 4 is 22.3 Å². The molecule has 5 aromatic rings. The van der Waals surface area contributed by atoms with Crippen molar-refractivity contribution in [2.75, 3.05) is 18.5 Å². The molecule has 0 saturated heterocycles. The average Bonchev–Trinajstić information content (AvgIpc) is 3.42. The molecule has 2 aromatic carbocycles. The van der Waals surface area contributed by atoms with Crippen LogP contribution in [0.15, 0.2) is 76.5 Å². The second-order valence-corrected chi connectivity index (χ2v) is 8.03. The van der Waals surface area contributed by atoms with Gasteiger partial charge in [0.1, 0.15) is 16.9 Å². The number of nitrogens with one attached hydrogen (secondary N) is 1. The van der Waals surface area contributed by atoms with Gasteiger partial charge in [0.05, 0.1) is 17.7 Å². The number of pyridine rings is 1. The van der Waals surface area contributed by atoms with Gasteiger partial charge in [-0.05, 0) is 55.0 Å². The molecule has 11 nitrogen and oxygen atoms in total. The second-order valence-electron chi connectivity index (χ2n) is 8.03. The highest BCUT2D eigenvalue weighted by molar-refractivity contribution is 5.92. The Bertz CT molecular complexity index is 1650. The number of benzene rings is 2. The van der Waals surface area contributed by atoms with Crippen molar-refractivity contribution in [1.82, 2.24) is 19.7 Å². The number of fused-ring (bicyclic) bond motifs is 1. The highest BCUT2D eigenvalue weighted by atomic mass is 16.6. The number of nitro groups is 1. The maximum Gasteiger partial charge on any atom is 0.298 e. The maximum absolute atomic E-state index is 13.5. The van der Waals surface area contributed by atoms with Crippen LogP contribution in [-0.4, -0.2) is 42.9 Å². The van der Waals surface area contributed by atoms with E-state index in [0.717, 1.165) is 15.8 Å². The van der Waals surface area contributed by atoms with Gasteiger partial charge in [-0.25, -0.2) is 4.98 Å². The molecule has 2 N–H and O–H groups in total. The minimum atomic E-state index is -0.597. The van der Waals surface area contributed by atoms with Crippen molar-refractivity contribution in [2.24, 2.45) is 0 Å². The van der Waals surface area contributed by atoms with Gasteiger partial charge >= 0.3 is 0 Å². The molecule has 0 aliphatic rings. The van der Waals surface area contributed by atoms with E-state index in [1.165, 1.54) is 30.8 Å². The summed E-state index contributed by atoms with van der Waals surface area (Å²) in [5.41, 5.74) is 2.46. The van der Waals surface area contributed by atoms with E-state index in [1.54, 1.807) is 18.3 Å². The highest BCUT2D eigenvalue weighted by Crippen LogP contribution is 2.32. The Morgan fingerprint density at radius 2 is 2.00 bits per heavy atom. The largest absolute Gasteiger partial charge is 0.444 e. The molecule has 0 aliphatic heterocycles. The lowest BCUT2D eigenvalue weighted by molar-refractivity contribution is -0.384. The van der Waals surface area contributed by atoms with Crippen molar-refractivity contribution < 1.29 is 14.4 Å². The van der Waals surface area contributed by atoms with Gasteiger partial charge in [0.15, 0.2) is 12.2 Å². The molecule has 0 aliphatic carbocycles. The third kappa shape index (κ3) is 4.18. The lowest BCUT2D eigenvalue weighted by atomic mass is 10.0. The van der Waals surface area contributed by atoms with Gasteiger partial charge in [-0.2, -0.15) is 9.78 Å². The molecular formula is C25H20N6O5. The molecule has 3 aromatic heterocycles. The number of hydrogen-bond donors (Lipinski definition) is 2. The first-order valence-corrected chi connectivity index (χ1v) is 11.0. The average molecular weight is 484 g/mol. The number of aliphatic hydroxyl groups is 1. The third-order valence-corrected chi connectivity index (χ3v) is 5.57. The van der Waals surface area contributed by atoms with Gasteiger partial charge in [0.25, 0.3) is 11.2 Å². The van der Waals surface area contributed by atoms with E-state index < -0.39 is 10.5 Å². The van der Waals surface area contributed by atoms with Crippen molar-refractivity contribution in [3.05, 3.63) is 93.3 Å². The van der Waals surface area contributed by atoms with Crippen LogP contribution in [0.2, 0.25) is 0 Å². The maximum atomic E-state index is 13.5. The monoisotopic (exact) mass is 484 g/mol. The van der Waals surface area contributed by atoms with Gasteiger partial charge in [-0.15, -0.1) is 0 Å². The lowest BCUT2D eigenvalue weighted by Gasteiger charge is -2.13. The fourth-order valence-electron chi connectivity index (χ4n) is 4.02. The standard InChI is InChI=1S/C25H20N6O5/c1-15-9-16(22-13-26-14-36-22)11-17(10-15)23-19-3-2-6-28-24(19)25(33)30(29-23)21-12-18(27-7-8-32)4-5-20(21)31(34)35/h2-6,9-14,27,32H,7-8H2,1H3. The molecule has 180 valence electrons. The number of oxazole rings is 1. The van der Waals surface area contributed by atoms with Crippen molar-refractivity contribution in [1.29, 1.82) is 0 Å². The van der Waals surface area contributed by atoms with Crippen molar-refractivity contribution in [3.8, 4) is 28.3 Å². The van der Waals surface area contributed by atoms with Crippen LogP contribution in [0, 0.1) is 17.0 Å². The molecule has 36 heavy (non-hydrogen) atoms. The van der Waals surface area contributed by atoms with Crippen LogP contribution in [0.5, 0.6) is 0 Å². The summed E-state index contributed by atoms with van der Waals surface area (Å²) in [5.74, 6) is 0.564. The molecule has 11 heteroatoms. The zero-order valence-corrected chi connectivity index (χ0v) is 19.1. The number of aryl methyl sites for hydroxylation is 1. The number of aromatic nitrogens is 4. The van der Waals surface area contributed by atoms with Crippen molar-refractivity contribution in [3.63, 3.8) is 0 Å². The van der Waals surface area contributed by atoms with Gasteiger partial charge in [0.2, 0.25) is 0 Å². The zero-order chi connectivity index (χ0) is 25.2. The summed E-state index contributed by atoms with van der Waals surface area (Å²) < 4.78 is 6.46. The molecule has 0 saturated carbocycles. The molecule has 0 atom stereocenters. The topological polar surface area (TPSA) is 149 Å². The molecule has 0 fully saturated rings. The van der Waals surface area contributed by atoms with Crippen LogP contribution >= 0.6 is 0 Å². The molecular weight excluding hydrogens is 464 g/mol. The number of nitrogens with zero attached hydrogens (tertiary/aromatic N) is 5. The van der Waals surface area contributed by atoms with Gasteiger partial charge < -0.3 is 14.8 Å². The Morgan fingerprint density at radius 1 is 1.17 bits per heavy atom. The van der Waals surface area contributed by atoms with E-state index in [0.29, 0.717) is 28.1 Å². The number of hydrogen-bond acceptors (Lipinski definition) is 9. The lowest BCUT2D eigenvalue weighted by Crippen LogP contribution is -2.24. The summed E-state index contributed by atoms with van der Waals surface area (Å²) in [4.78, 5) is 33.0. The molecule has 0 spiro atoms. The first-order valence-electron chi connectivity index (χ1n) is 11.0. The van der Waals surface area contributed by atoms with E-state index in [2.05, 4.69) is 20.4 Å². The van der Waals surface area contributed by atoms with Gasteiger partial charge in [-0.1, -0.05) is 0 Å². The van der Waals surface area contributed by atoms with Gasteiger partial charge in [-0.3, -0.25) is 19.9 Å². The summed E-state index contributed by atoms with van der Waals surface area (Å²) in [6.07, 6.45) is 4.43. The zero-order valence-electron chi connectivity index (χ0n) is 19.1. The van der Waals surface area contributed by atoms with E-state index >= 15 is 0 Å². The number of aliphatic hydroxyl groups excluding tert-OH is 1. The van der Waals surface area contributed by atoms with Crippen LogP contribution in [0.3, 0.4) is 0 Å².